The molecule has 0 unspecified atom stereocenters. The molecule has 1 fully saturated rings. The first-order chi connectivity index (χ1) is 13.2. The van der Waals surface area contributed by atoms with Crippen LogP contribution in [-0.2, 0) is 13.1 Å². The first-order valence-corrected chi connectivity index (χ1v) is 9.16. The molecule has 0 saturated heterocycles. The maximum atomic E-state index is 14.2. The summed E-state index contributed by atoms with van der Waals surface area (Å²) in [5.74, 6) is 1.34. The Morgan fingerprint density at radius 1 is 1.19 bits per heavy atom. The lowest BCUT2D eigenvalue weighted by molar-refractivity contribution is 0.207. The molecule has 1 aliphatic carbocycles. The van der Waals surface area contributed by atoms with Crippen LogP contribution < -0.4 is 4.74 Å². The Kier molecular flexibility index (Phi) is 5.09. The van der Waals surface area contributed by atoms with Crippen molar-refractivity contribution in [2.45, 2.75) is 32.0 Å². The van der Waals surface area contributed by atoms with Gasteiger partial charge >= 0.3 is 0 Å². The standard InChI is InChI=1S/C20H19ClFN3O2/c1-26-18-8-3-2-5-14(18)20-23-19(27-24-20)12-25(13-9-10-13)11-15-16(21)6-4-7-17(15)22/h2-8,13H,9-12H2,1H3. The molecule has 0 amide bonds. The second-order valence-electron chi connectivity index (χ2n) is 6.55. The summed E-state index contributed by atoms with van der Waals surface area (Å²) in [7, 11) is 1.60. The quantitative estimate of drug-likeness (QED) is 0.588. The van der Waals surface area contributed by atoms with Gasteiger partial charge < -0.3 is 9.26 Å². The molecule has 0 aliphatic heterocycles. The first kappa shape index (κ1) is 17.9. The van der Waals surface area contributed by atoms with Gasteiger partial charge in [0.25, 0.3) is 0 Å². The Bertz CT molecular complexity index is 922. The topological polar surface area (TPSA) is 51.4 Å². The molecule has 2 aromatic carbocycles. The molecule has 27 heavy (non-hydrogen) atoms. The summed E-state index contributed by atoms with van der Waals surface area (Å²) < 4.78 is 25.0. The van der Waals surface area contributed by atoms with Gasteiger partial charge in [-0.3, -0.25) is 4.90 Å². The minimum Gasteiger partial charge on any atom is -0.496 e. The van der Waals surface area contributed by atoms with Crippen LogP contribution in [0.15, 0.2) is 47.0 Å². The van der Waals surface area contributed by atoms with Crippen LogP contribution in [0.3, 0.4) is 0 Å². The SMILES string of the molecule is COc1ccccc1-c1noc(CN(Cc2c(F)cccc2Cl)C2CC2)n1. The van der Waals surface area contributed by atoms with Crippen molar-refractivity contribution >= 4 is 11.6 Å². The van der Waals surface area contributed by atoms with E-state index in [4.69, 9.17) is 20.9 Å². The van der Waals surface area contributed by atoms with Crippen molar-refractivity contribution in [1.82, 2.24) is 15.0 Å². The minimum absolute atomic E-state index is 0.298. The molecule has 5 nitrogen and oxygen atoms in total. The van der Waals surface area contributed by atoms with E-state index in [1.54, 1.807) is 19.2 Å². The van der Waals surface area contributed by atoms with E-state index < -0.39 is 0 Å². The molecule has 1 saturated carbocycles. The molecule has 0 spiro atoms. The van der Waals surface area contributed by atoms with E-state index in [-0.39, 0.29) is 5.82 Å². The molecular formula is C20H19ClFN3O2. The van der Waals surface area contributed by atoms with Crippen LogP contribution in [0.5, 0.6) is 5.75 Å². The molecule has 3 aromatic rings. The van der Waals surface area contributed by atoms with Gasteiger partial charge in [0.1, 0.15) is 11.6 Å². The monoisotopic (exact) mass is 387 g/mol. The molecule has 7 heteroatoms. The highest BCUT2D eigenvalue weighted by molar-refractivity contribution is 6.31. The molecule has 140 valence electrons. The average Bonchev–Trinajstić information content (AvgIpc) is 3.42. The third-order valence-electron chi connectivity index (χ3n) is 4.64. The highest BCUT2D eigenvalue weighted by Gasteiger charge is 2.31. The van der Waals surface area contributed by atoms with E-state index in [1.165, 1.54) is 6.07 Å². The maximum absolute atomic E-state index is 14.2. The van der Waals surface area contributed by atoms with Crippen LogP contribution in [-0.4, -0.2) is 28.2 Å². The predicted molar refractivity (Wildman–Crippen MR) is 100.0 cm³/mol. The van der Waals surface area contributed by atoms with Gasteiger partial charge in [-0.2, -0.15) is 4.98 Å². The average molecular weight is 388 g/mol. The van der Waals surface area contributed by atoms with Crippen LogP contribution in [0.25, 0.3) is 11.4 Å². The number of hydrogen-bond acceptors (Lipinski definition) is 5. The zero-order valence-corrected chi connectivity index (χ0v) is 15.6. The number of halogens is 2. The third kappa shape index (κ3) is 3.96. The van der Waals surface area contributed by atoms with Gasteiger partial charge in [-0.05, 0) is 37.1 Å². The highest BCUT2D eigenvalue weighted by atomic mass is 35.5. The van der Waals surface area contributed by atoms with E-state index in [9.17, 15) is 4.39 Å². The number of methoxy groups -OCH3 is 1. The Balaban J connectivity index is 1.54. The molecule has 1 aliphatic rings. The normalized spacial score (nSPS) is 13.9. The Morgan fingerprint density at radius 3 is 2.74 bits per heavy atom. The predicted octanol–water partition coefficient (Wildman–Crippen LogP) is 4.70. The van der Waals surface area contributed by atoms with Crippen LogP contribution in [0, 0.1) is 5.82 Å². The van der Waals surface area contributed by atoms with Crippen LogP contribution in [0.4, 0.5) is 4.39 Å². The summed E-state index contributed by atoms with van der Waals surface area (Å²) >= 11 is 6.19. The minimum atomic E-state index is -0.298. The molecule has 1 heterocycles. The fourth-order valence-electron chi connectivity index (χ4n) is 3.07. The summed E-state index contributed by atoms with van der Waals surface area (Å²) in [5.41, 5.74) is 1.26. The van der Waals surface area contributed by atoms with E-state index in [2.05, 4.69) is 15.0 Å². The second kappa shape index (κ2) is 7.66. The van der Waals surface area contributed by atoms with Crippen molar-refractivity contribution in [3.63, 3.8) is 0 Å². The summed E-state index contributed by atoms with van der Waals surface area (Å²) in [4.78, 5) is 6.63. The first-order valence-electron chi connectivity index (χ1n) is 8.78. The summed E-state index contributed by atoms with van der Waals surface area (Å²) in [6.45, 7) is 0.847. The number of aromatic nitrogens is 2. The number of benzene rings is 2. The maximum Gasteiger partial charge on any atom is 0.241 e. The van der Waals surface area contributed by atoms with Crippen molar-refractivity contribution in [2.75, 3.05) is 7.11 Å². The number of para-hydroxylation sites is 1. The lowest BCUT2D eigenvalue weighted by atomic mass is 10.2. The summed E-state index contributed by atoms with van der Waals surface area (Å²) in [6, 6.07) is 12.6. The van der Waals surface area contributed by atoms with Gasteiger partial charge in [0.05, 0.1) is 19.2 Å². The zero-order valence-electron chi connectivity index (χ0n) is 14.9. The lowest BCUT2D eigenvalue weighted by Gasteiger charge is -2.20. The lowest BCUT2D eigenvalue weighted by Crippen LogP contribution is -2.26. The van der Waals surface area contributed by atoms with Crippen molar-refractivity contribution in [3.05, 3.63) is 64.8 Å². The van der Waals surface area contributed by atoms with Crippen LogP contribution in [0.1, 0.15) is 24.3 Å². The summed E-state index contributed by atoms with van der Waals surface area (Å²) in [6.07, 6.45) is 2.14. The number of hydrogen-bond donors (Lipinski definition) is 0. The molecule has 0 radical (unpaired) electrons. The van der Waals surface area contributed by atoms with E-state index >= 15 is 0 Å². The second-order valence-corrected chi connectivity index (χ2v) is 6.96. The number of nitrogens with zero attached hydrogens (tertiary/aromatic N) is 3. The fraction of sp³-hybridized carbons (Fsp3) is 0.300. The zero-order chi connectivity index (χ0) is 18.8. The van der Waals surface area contributed by atoms with Crippen molar-refractivity contribution in [1.29, 1.82) is 0 Å². The molecule has 0 atom stereocenters. The van der Waals surface area contributed by atoms with Gasteiger partial charge in [0.2, 0.25) is 11.7 Å². The van der Waals surface area contributed by atoms with E-state index in [0.29, 0.717) is 47.2 Å². The molecule has 0 N–H and O–H groups in total. The van der Waals surface area contributed by atoms with Crippen LogP contribution in [0.2, 0.25) is 5.02 Å². The van der Waals surface area contributed by atoms with Crippen molar-refractivity contribution in [3.8, 4) is 17.1 Å². The Morgan fingerprint density at radius 2 is 2.00 bits per heavy atom. The molecular weight excluding hydrogens is 369 g/mol. The van der Waals surface area contributed by atoms with Crippen LogP contribution >= 0.6 is 11.6 Å². The van der Waals surface area contributed by atoms with Crippen molar-refractivity contribution < 1.29 is 13.7 Å². The van der Waals surface area contributed by atoms with Gasteiger partial charge in [-0.1, -0.05) is 35.0 Å². The van der Waals surface area contributed by atoms with Gasteiger partial charge in [0, 0.05) is 23.2 Å². The highest BCUT2D eigenvalue weighted by Crippen LogP contribution is 2.32. The number of ether oxygens (including phenoxy) is 1. The Hall–Kier alpha value is -2.44. The van der Waals surface area contributed by atoms with E-state index in [0.717, 1.165) is 18.4 Å². The number of rotatable bonds is 7. The van der Waals surface area contributed by atoms with Gasteiger partial charge in [-0.15, -0.1) is 0 Å². The smallest absolute Gasteiger partial charge is 0.241 e. The van der Waals surface area contributed by atoms with Gasteiger partial charge in [0.15, 0.2) is 0 Å². The molecule has 0 bridgehead atoms. The van der Waals surface area contributed by atoms with Gasteiger partial charge in [-0.25, -0.2) is 4.39 Å². The van der Waals surface area contributed by atoms with E-state index in [1.807, 2.05) is 24.3 Å². The Labute approximate surface area is 161 Å². The summed E-state index contributed by atoms with van der Waals surface area (Å²) in [5, 5.41) is 4.51. The molecule has 1 aromatic heterocycles. The van der Waals surface area contributed by atoms with Crippen molar-refractivity contribution in [2.24, 2.45) is 0 Å². The largest absolute Gasteiger partial charge is 0.496 e. The fourth-order valence-corrected chi connectivity index (χ4v) is 3.29. The molecule has 4 rings (SSSR count). The third-order valence-corrected chi connectivity index (χ3v) is 4.99.